The van der Waals surface area contributed by atoms with Crippen molar-refractivity contribution in [3.63, 3.8) is 0 Å². The first-order valence-corrected chi connectivity index (χ1v) is 4.04. The summed E-state index contributed by atoms with van der Waals surface area (Å²) in [7, 11) is 0. The molecule has 0 radical (unpaired) electrons. The minimum absolute atomic E-state index is 0.0469. The highest BCUT2D eigenvalue weighted by molar-refractivity contribution is 6.30. The maximum absolute atomic E-state index is 11.1. The summed E-state index contributed by atoms with van der Waals surface area (Å²) in [4.78, 5) is 11.1. The van der Waals surface area contributed by atoms with Crippen LogP contribution in [0.1, 0.15) is 23.7 Å². The number of hydrogen-bond donors (Lipinski definition) is 1. The van der Waals surface area contributed by atoms with Gasteiger partial charge in [0.2, 0.25) is 0 Å². The summed E-state index contributed by atoms with van der Waals surface area (Å²) >= 11 is 5.59. The van der Waals surface area contributed by atoms with Crippen molar-refractivity contribution in [3.05, 3.63) is 28.8 Å². The molecule has 0 saturated heterocycles. The lowest BCUT2D eigenvalue weighted by Gasteiger charge is -2.01. The molecule has 0 fully saturated rings. The summed E-state index contributed by atoms with van der Waals surface area (Å²) in [5.74, 6) is -0.126. The summed E-state index contributed by atoms with van der Waals surface area (Å²) in [5.41, 5.74) is 0.335. The molecule has 0 aromatic heterocycles. The Kier molecular flexibility index (Phi) is 2.71. The first-order valence-electron chi connectivity index (χ1n) is 3.67. The van der Waals surface area contributed by atoms with Crippen LogP contribution in [-0.2, 0) is 0 Å². The lowest BCUT2D eigenvalue weighted by molar-refractivity contribution is 0.0985. The molecular formula is C9H9ClO2. The van der Waals surface area contributed by atoms with E-state index in [0.717, 1.165) is 0 Å². The molecule has 0 heterocycles. The molecule has 0 amide bonds. The van der Waals surface area contributed by atoms with Crippen LogP contribution >= 0.6 is 11.6 Å². The zero-order chi connectivity index (χ0) is 9.14. The smallest absolute Gasteiger partial charge is 0.166 e. The van der Waals surface area contributed by atoms with Gasteiger partial charge in [-0.3, -0.25) is 4.79 Å². The first-order chi connectivity index (χ1) is 5.65. The van der Waals surface area contributed by atoms with Gasteiger partial charge in [-0.1, -0.05) is 18.5 Å². The fourth-order valence-corrected chi connectivity index (χ4v) is 1.10. The van der Waals surface area contributed by atoms with Crippen molar-refractivity contribution in [3.8, 4) is 5.75 Å². The summed E-state index contributed by atoms with van der Waals surface area (Å²) in [6.45, 7) is 1.75. The quantitative estimate of drug-likeness (QED) is 0.718. The van der Waals surface area contributed by atoms with Crippen LogP contribution in [0.2, 0.25) is 5.02 Å². The molecule has 0 atom stereocenters. The molecule has 0 bridgehead atoms. The second-order valence-electron chi connectivity index (χ2n) is 2.44. The molecule has 12 heavy (non-hydrogen) atoms. The molecule has 0 unspecified atom stereocenters. The van der Waals surface area contributed by atoms with Gasteiger partial charge in [0.15, 0.2) is 5.78 Å². The summed E-state index contributed by atoms with van der Waals surface area (Å²) in [5, 5.41) is 9.72. The second-order valence-corrected chi connectivity index (χ2v) is 2.87. The van der Waals surface area contributed by atoms with E-state index in [9.17, 15) is 9.90 Å². The maximum Gasteiger partial charge on any atom is 0.166 e. The number of benzene rings is 1. The average Bonchev–Trinajstić information content (AvgIpc) is 2.03. The minimum Gasteiger partial charge on any atom is -0.507 e. The number of carbonyl (C=O) groups is 1. The summed E-state index contributed by atoms with van der Waals surface area (Å²) < 4.78 is 0. The Morgan fingerprint density at radius 1 is 1.58 bits per heavy atom. The Labute approximate surface area is 75.8 Å². The third-order valence-corrected chi connectivity index (χ3v) is 1.82. The molecule has 0 spiro atoms. The highest BCUT2D eigenvalue weighted by Gasteiger charge is 2.08. The van der Waals surface area contributed by atoms with Gasteiger partial charge in [-0.25, -0.2) is 0 Å². The zero-order valence-electron chi connectivity index (χ0n) is 6.67. The van der Waals surface area contributed by atoms with E-state index in [2.05, 4.69) is 0 Å². The third kappa shape index (κ3) is 1.77. The number of phenols is 1. The largest absolute Gasteiger partial charge is 0.507 e. The molecule has 0 aliphatic rings. The van der Waals surface area contributed by atoms with E-state index in [4.69, 9.17) is 11.6 Å². The van der Waals surface area contributed by atoms with Crippen molar-refractivity contribution < 1.29 is 9.90 Å². The fraction of sp³-hybridized carbons (Fsp3) is 0.222. The number of rotatable bonds is 2. The molecule has 1 rings (SSSR count). The molecule has 1 aromatic carbocycles. The van der Waals surface area contributed by atoms with Crippen LogP contribution in [0.5, 0.6) is 5.75 Å². The Morgan fingerprint density at radius 2 is 2.25 bits per heavy atom. The van der Waals surface area contributed by atoms with Crippen LogP contribution in [0.15, 0.2) is 18.2 Å². The van der Waals surface area contributed by atoms with E-state index in [0.29, 0.717) is 17.0 Å². The predicted molar refractivity (Wildman–Crippen MR) is 47.7 cm³/mol. The van der Waals surface area contributed by atoms with Crippen LogP contribution in [-0.4, -0.2) is 10.9 Å². The van der Waals surface area contributed by atoms with E-state index in [1.54, 1.807) is 13.0 Å². The van der Waals surface area contributed by atoms with Crippen molar-refractivity contribution in [1.29, 1.82) is 0 Å². The summed E-state index contributed by atoms with van der Waals surface area (Å²) in [6, 6.07) is 4.48. The Bertz CT molecular complexity index is 307. The van der Waals surface area contributed by atoms with E-state index in [-0.39, 0.29) is 11.5 Å². The molecule has 2 nitrogen and oxygen atoms in total. The van der Waals surface area contributed by atoms with E-state index >= 15 is 0 Å². The number of hydrogen-bond acceptors (Lipinski definition) is 2. The Balaban J connectivity index is 3.09. The highest BCUT2D eigenvalue weighted by Crippen LogP contribution is 2.22. The second kappa shape index (κ2) is 3.59. The lowest BCUT2D eigenvalue weighted by Crippen LogP contribution is -1.96. The van der Waals surface area contributed by atoms with Gasteiger partial charge in [0.1, 0.15) is 5.75 Å². The average molecular weight is 185 g/mol. The minimum atomic E-state index is -0.0795. The number of aromatic hydroxyl groups is 1. The number of carbonyl (C=O) groups excluding carboxylic acids is 1. The van der Waals surface area contributed by atoms with Crippen LogP contribution < -0.4 is 0 Å². The van der Waals surface area contributed by atoms with Crippen LogP contribution in [0.4, 0.5) is 0 Å². The van der Waals surface area contributed by atoms with Gasteiger partial charge < -0.3 is 5.11 Å². The van der Waals surface area contributed by atoms with E-state index in [1.807, 2.05) is 0 Å². The van der Waals surface area contributed by atoms with Crippen molar-refractivity contribution in [2.24, 2.45) is 0 Å². The molecule has 3 heteroatoms. The monoisotopic (exact) mass is 184 g/mol. The Hall–Kier alpha value is -1.02. The van der Waals surface area contributed by atoms with Crippen molar-refractivity contribution in [1.82, 2.24) is 0 Å². The van der Waals surface area contributed by atoms with Crippen LogP contribution in [0, 0.1) is 0 Å². The molecule has 1 aromatic rings. The standard InChI is InChI=1S/C9H9ClO2/c1-2-8(11)7-4-3-6(10)5-9(7)12/h3-5,12H,2H2,1H3. The first kappa shape index (κ1) is 9.07. The van der Waals surface area contributed by atoms with E-state index < -0.39 is 0 Å². The number of halogens is 1. The van der Waals surface area contributed by atoms with Gasteiger partial charge in [-0.2, -0.15) is 0 Å². The van der Waals surface area contributed by atoms with Gasteiger partial charge in [0.25, 0.3) is 0 Å². The SMILES string of the molecule is CCC(=O)c1ccc(Cl)cc1O. The normalized spacial score (nSPS) is 9.83. The molecule has 1 N–H and O–H groups in total. The lowest BCUT2D eigenvalue weighted by atomic mass is 10.1. The Morgan fingerprint density at radius 3 is 2.75 bits per heavy atom. The van der Waals surface area contributed by atoms with Gasteiger partial charge in [0, 0.05) is 11.4 Å². The van der Waals surface area contributed by atoms with Crippen LogP contribution in [0.25, 0.3) is 0 Å². The highest BCUT2D eigenvalue weighted by atomic mass is 35.5. The van der Waals surface area contributed by atoms with Gasteiger partial charge in [-0.15, -0.1) is 0 Å². The van der Waals surface area contributed by atoms with Crippen molar-refractivity contribution >= 4 is 17.4 Å². The van der Waals surface area contributed by atoms with Crippen molar-refractivity contribution in [2.75, 3.05) is 0 Å². The number of phenolic OH excluding ortho intramolecular Hbond substituents is 1. The van der Waals surface area contributed by atoms with Crippen LogP contribution in [0.3, 0.4) is 0 Å². The topological polar surface area (TPSA) is 37.3 Å². The fourth-order valence-electron chi connectivity index (χ4n) is 0.931. The molecule has 64 valence electrons. The molecule has 0 saturated carbocycles. The molecular weight excluding hydrogens is 176 g/mol. The van der Waals surface area contributed by atoms with E-state index in [1.165, 1.54) is 12.1 Å². The van der Waals surface area contributed by atoms with Gasteiger partial charge >= 0.3 is 0 Å². The predicted octanol–water partition coefficient (Wildman–Crippen LogP) is 2.64. The summed E-state index contributed by atoms with van der Waals surface area (Å²) in [6.07, 6.45) is 0.384. The van der Waals surface area contributed by atoms with Crippen molar-refractivity contribution in [2.45, 2.75) is 13.3 Å². The van der Waals surface area contributed by atoms with Gasteiger partial charge in [0.05, 0.1) is 5.56 Å². The number of Topliss-reactive ketones (excluding diaryl/α,β-unsaturated/α-hetero) is 1. The third-order valence-electron chi connectivity index (χ3n) is 1.58. The zero-order valence-corrected chi connectivity index (χ0v) is 7.43. The molecule has 0 aliphatic carbocycles. The maximum atomic E-state index is 11.1. The van der Waals surface area contributed by atoms with Gasteiger partial charge in [-0.05, 0) is 18.2 Å². The molecule has 0 aliphatic heterocycles. The number of ketones is 1.